The second-order valence-corrected chi connectivity index (χ2v) is 8.74. The third kappa shape index (κ3) is 5.27. The molecule has 0 spiro atoms. The van der Waals surface area contributed by atoms with Crippen LogP contribution in [0.5, 0.6) is 5.75 Å². The summed E-state index contributed by atoms with van der Waals surface area (Å²) in [5.74, 6) is 0.460. The van der Waals surface area contributed by atoms with Crippen LogP contribution in [0.2, 0.25) is 0 Å². The molecule has 2 aromatic carbocycles. The maximum atomic E-state index is 12.9. The fraction of sp³-hybridized carbons (Fsp3) is 0.381. The molecule has 1 fully saturated rings. The van der Waals surface area contributed by atoms with Crippen molar-refractivity contribution in [1.29, 1.82) is 0 Å². The molecule has 1 saturated heterocycles. The summed E-state index contributed by atoms with van der Waals surface area (Å²) in [4.78, 5) is 14.7. The Balaban J connectivity index is 1.76. The first-order chi connectivity index (χ1) is 13.8. The Hall–Kier alpha value is -2.58. The first kappa shape index (κ1) is 21.1. The van der Waals surface area contributed by atoms with E-state index in [1.54, 1.807) is 41.3 Å². The number of carbonyl (C=O) groups is 1. The summed E-state index contributed by atoms with van der Waals surface area (Å²) in [6.07, 6.45) is -0.0758. The van der Waals surface area contributed by atoms with Crippen LogP contribution in [0.4, 0.5) is 5.69 Å². The molecule has 2 aromatic rings. The van der Waals surface area contributed by atoms with Gasteiger partial charge in [0.1, 0.15) is 5.75 Å². The summed E-state index contributed by atoms with van der Waals surface area (Å²) in [5, 5.41) is 0. The smallest absolute Gasteiger partial charge is 0.261 e. The first-order valence-corrected chi connectivity index (χ1v) is 11.1. The highest BCUT2D eigenvalue weighted by Crippen LogP contribution is 2.21. The summed E-state index contributed by atoms with van der Waals surface area (Å²) in [7, 11) is -3.78. The Kier molecular flexibility index (Phi) is 6.44. The lowest BCUT2D eigenvalue weighted by Crippen LogP contribution is -2.48. The molecule has 0 saturated carbocycles. The maximum Gasteiger partial charge on any atom is 0.261 e. The van der Waals surface area contributed by atoms with Gasteiger partial charge in [0, 0.05) is 24.3 Å². The van der Waals surface area contributed by atoms with E-state index in [1.165, 1.54) is 12.1 Å². The number of sulfonamides is 1. The Bertz CT molecular complexity index is 949. The van der Waals surface area contributed by atoms with Crippen LogP contribution in [0.25, 0.3) is 0 Å². The lowest BCUT2D eigenvalue weighted by molar-refractivity contribution is -0.0586. The number of benzene rings is 2. The second kappa shape index (κ2) is 8.84. The quantitative estimate of drug-likeness (QED) is 0.779. The summed E-state index contributed by atoms with van der Waals surface area (Å²) in [6, 6.07) is 12.7. The molecule has 0 radical (unpaired) electrons. The normalized spacial score (nSPS) is 19.6. The van der Waals surface area contributed by atoms with E-state index >= 15 is 0 Å². The number of hydrogen-bond donors (Lipinski definition) is 1. The van der Waals surface area contributed by atoms with Crippen LogP contribution in [0.15, 0.2) is 53.4 Å². The van der Waals surface area contributed by atoms with Crippen molar-refractivity contribution < 1.29 is 22.7 Å². The van der Waals surface area contributed by atoms with Crippen LogP contribution < -0.4 is 9.46 Å². The highest BCUT2D eigenvalue weighted by Gasteiger charge is 2.27. The van der Waals surface area contributed by atoms with Gasteiger partial charge in [-0.3, -0.25) is 9.52 Å². The molecule has 156 valence electrons. The van der Waals surface area contributed by atoms with E-state index in [9.17, 15) is 13.2 Å². The largest absolute Gasteiger partial charge is 0.494 e. The first-order valence-electron chi connectivity index (χ1n) is 9.59. The summed E-state index contributed by atoms with van der Waals surface area (Å²) < 4.78 is 38.9. The minimum absolute atomic E-state index is 0.0379. The van der Waals surface area contributed by atoms with Crippen molar-refractivity contribution in [3.05, 3.63) is 54.1 Å². The Morgan fingerprint density at radius 3 is 2.41 bits per heavy atom. The summed E-state index contributed by atoms with van der Waals surface area (Å²) in [5.41, 5.74) is 0.761. The Morgan fingerprint density at radius 2 is 1.79 bits per heavy atom. The number of hydrogen-bond acceptors (Lipinski definition) is 5. The minimum atomic E-state index is -3.78. The lowest BCUT2D eigenvalue weighted by Gasteiger charge is -2.35. The molecular formula is C21H26N2O5S. The zero-order valence-corrected chi connectivity index (χ0v) is 17.6. The van der Waals surface area contributed by atoms with E-state index in [0.29, 0.717) is 36.7 Å². The van der Waals surface area contributed by atoms with Crippen molar-refractivity contribution >= 4 is 21.6 Å². The lowest BCUT2D eigenvalue weighted by atomic mass is 10.1. The number of morpholine rings is 1. The Labute approximate surface area is 171 Å². The molecule has 1 amide bonds. The van der Waals surface area contributed by atoms with E-state index in [-0.39, 0.29) is 23.0 Å². The molecule has 0 aromatic heterocycles. The molecule has 0 unspecified atom stereocenters. The molecule has 0 bridgehead atoms. The van der Waals surface area contributed by atoms with Gasteiger partial charge >= 0.3 is 0 Å². The third-order valence-corrected chi connectivity index (χ3v) is 5.91. The molecule has 8 heteroatoms. The molecule has 7 nitrogen and oxygen atoms in total. The van der Waals surface area contributed by atoms with Crippen LogP contribution in [0, 0.1) is 0 Å². The fourth-order valence-corrected chi connectivity index (χ4v) is 4.39. The molecule has 2 atom stereocenters. The molecule has 1 N–H and O–H groups in total. The van der Waals surface area contributed by atoms with Gasteiger partial charge < -0.3 is 14.4 Å². The monoisotopic (exact) mass is 418 g/mol. The molecule has 29 heavy (non-hydrogen) atoms. The Morgan fingerprint density at radius 1 is 1.14 bits per heavy atom. The number of rotatable bonds is 6. The zero-order valence-electron chi connectivity index (χ0n) is 16.8. The number of carbonyl (C=O) groups excluding carboxylic acids is 1. The highest BCUT2D eigenvalue weighted by molar-refractivity contribution is 7.92. The van der Waals surface area contributed by atoms with Crippen LogP contribution in [0.1, 0.15) is 31.1 Å². The fourth-order valence-electron chi connectivity index (χ4n) is 3.34. The second-order valence-electron chi connectivity index (χ2n) is 7.06. The predicted molar refractivity (Wildman–Crippen MR) is 111 cm³/mol. The van der Waals surface area contributed by atoms with E-state index in [4.69, 9.17) is 9.47 Å². The van der Waals surface area contributed by atoms with E-state index in [1.807, 2.05) is 20.8 Å². The molecule has 3 rings (SSSR count). The van der Waals surface area contributed by atoms with Gasteiger partial charge in [0.25, 0.3) is 15.9 Å². The maximum absolute atomic E-state index is 12.9. The van der Waals surface area contributed by atoms with Crippen LogP contribution in [-0.4, -0.2) is 51.1 Å². The highest BCUT2D eigenvalue weighted by atomic mass is 32.2. The predicted octanol–water partition coefficient (Wildman–Crippen LogP) is 3.14. The molecule has 1 aliphatic heterocycles. The minimum Gasteiger partial charge on any atom is -0.494 e. The van der Waals surface area contributed by atoms with Gasteiger partial charge in [-0.2, -0.15) is 0 Å². The van der Waals surface area contributed by atoms with Crippen LogP contribution >= 0.6 is 0 Å². The zero-order chi connectivity index (χ0) is 21.0. The van der Waals surface area contributed by atoms with E-state index in [0.717, 1.165) is 0 Å². The number of nitrogens with zero attached hydrogens (tertiary/aromatic N) is 1. The number of ether oxygens (including phenoxy) is 2. The van der Waals surface area contributed by atoms with Crippen molar-refractivity contribution in [2.45, 2.75) is 37.9 Å². The van der Waals surface area contributed by atoms with Gasteiger partial charge in [-0.25, -0.2) is 8.42 Å². The molecular weight excluding hydrogens is 392 g/mol. The summed E-state index contributed by atoms with van der Waals surface area (Å²) in [6.45, 7) is 7.23. The van der Waals surface area contributed by atoms with Crippen molar-refractivity contribution in [2.24, 2.45) is 0 Å². The van der Waals surface area contributed by atoms with E-state index in [2.05, 4.69) is 4.72 Å². The number of anilines is 1. The molecule has 1 aliphatic rings. The average Bonchev–Trinajstić information content (AvgIpc) is 2.67. The van der Waals surface area contributed by atoms with Crippen molar-refractivity contribution in [3.63, 3.8) is 0 Å². The van der Waals surface area contributed by atoms with Gasteiger partial charge in [0.2, 0.25) is 0 Å². The van der Waals surface area contributed by atoms with Crippen LogP contribution in [-0.2, 0) is 14.8 Å². The van der Waals surface area contributed by atoms with Crippen molar-refractivity contribution in [3.8, 4) is 5.75 Å². The molecule has 1 heterocycles. The van der Waals surface area contributed by atoms with Gasteiger partial charge in [-0.1, -0.05) is 6.07 Å². The topological polar surface area (TPSA) is 84.9 Å². The van der Waals surface area contributed by atoms with Crippen LogP contribution in [0.3, 0.4) is 0 Å². The van der Waals surface area contributed by atoms with Gasteiger partial charge in [-0.05, 0) is 63.2 Å². The van der Waals surface area contributed by atoms with Crippen molar-refractivity contribution in [1.82, 2.24) is 4.90 Å². The van der Waals surface area contributed by atoms with E-state index < -0.39 is 10.0 Å². The van der Waals surface area contributed by atoms with Gasteiger partial charge in [0.05, 0.1) is 23.7 Å². The van der Waals surface area contributed by atoms with Gasteiger partial charge in [0.15, 0.2) is 0 Å². The average molecular weight is 419 g/mol. The SMILES string of the molecule is CCOc1ccc(S(=O)(=O)Nc2cccc(C(=O)N3C[C@@H](C)O[C@@H](C)C3)c2)cc1. The van der Waals surface area contributed by atoms with Crippen molar-refractivity contribution in [2.75, 3.05) is 24.4 Å². The number of amides is 1. The molecule has 0 aliphatic carbocycles. The third-order valence-electron chi connectivity index (χ3n) is 4.51. The summed E-state index contributed by atoms with van der Waals surface area (Å²) >= 11 is 0. The standard InChI is InChI=1S/C21H26N2O5S/c1-4-27-19-8-10-20(11-9-19)29(25,26)22-18-7-5-6-17(12-18)21(24)23-13-15(2)28-16(3)14-23/h5-12,15-16,22H,4,13-14H2,1-3H3/t15-,16+. The number of nitrogens with one attached hydrogen (secondary N) is 1. The van der Waals surface area contributed by atoms with Gasteiger partial charge in [-0.15, -0.1) is 0 Å².